The van der Waals surface area contributed by atoms with E-state index in [0.717, 1.165) is 18.5 Å². The average molecular weight is 269 g/mol. The van der Waals surface area contributed by atoms with Crippen molar-refractivity contribution in [2.75, 3.05) is 12.8 Å². The van der Waals surface area contributed by atoms with E-state index >= 15 is 0 Å². The van der Waals surface area contributed by atoms with Crippen LogP contribution >= 0.6 is 0 Å². The van der Waals surface area contributed by atoms with Crippen molar-refractivity contribution in [3.8, 4) is 0 Å². The fourth-order valence-electron chi connectivity index (χ4n) is 1.88. The van der Waals surface area contributed by atoms with Gasteiger partial charge in [0.05, 0.1) is 5.25 Å². The summed E-state index contributed by atoms with van der Waals surface area (Å²) in [6, 6.07) is 7.91. The molecule has 2 atom stereocenters. The number of sulfone groups is 1. The van der Waals surface area contributed by atoms with E-state index in [1.54, 1.807) is 6.92 Å². The molecule has 0 spiro atoms. The second kappa shape index (κ2) is 6.34. The monoisotopic (exact) mass is 269 g/mol. The maximum absolute atomic E-state index is 11.7. The first-order chi connectivity index (χ1) is 8.36. The molecule has 2 unspecified atom stereocenters. The van der Waals surface area contributed by atoms with Crippen molar-refractivity contribution in [2.24, 2.45) is 0 Å². The third-order valence-corrected chi connectivity index (χ3v) is 4.82. The summed E-state index contributed by atoms with van der Waals surface area (Å²) in [5.74, 6) is 0. The van der Waals surface area contributed by atoms with Crippen LogP contribution in [0.1, 0.15) is 37.4 Å². The molecule has 1 aromatic rings. The second-order valence-corrected chi connectivity index (χ2v) is 7.28. The van der Waals surface area contributed by atoms with Crippen LogP contribution in [0.3, 0.4) is 0 Å². The number of hydrogen-bond acceptors (Lipinski definition) is 3. The van der Waals surface area contributed by atoms with Crippen LogP contribution in [0.2, 0.25) is 0 Å². The topological polar surface area (TPSA) is 46.2 Å². The van der Waals surface area contributed by atoms with Gasteiger partial charge in [0, 0.05) is 12.3 Å². The molecule has 0 amide bonds. The van der Waals surface area contributed by atoms with Gasteiger partial charge >= 0.3 is 0 Å². The number of hydrogen-bond donors (Lipinski definition) is 1. The molecule has 0 heterocycles. The Labute approximate surface area is 111 Å². The summed E-state index contributed by atoms with van der Waals surface area (Å²) in [7, 11) is -3.05. The van der Waals surface area contributed by atoms with Crippen LogP contribution in [-0.4, -0.2) is 26.5 Å². The molecule has 18 heavy (non-hydrogen) atoms. The van der Waals surface area contributed by atoms with Crippen LogP contribution < -0.4 is 5.32 Å². The highest BCUT2D eigenvalue weighted by Crippen LogP contribution is 2.22. The Morgan fingerprint density at radius 3 is 2.22 bits per heavy atom. The normalized spacial score (nSPS) is 15.3. The molecule has 1 rings (SSSR count). The molecule has 0 radical (unpaired) electrons. The van der Waals surface area contributed by atoms with Crippen molar-refractivity contribution >= 4 is 9.84 Å². The van der Waals surface area contributed by atoms with Gasteiger partial charge in [-0.15, -0.1) is 0 Å². The maximum Gasteiger partial charge on any atom is 0.151 e. The van der Waals surface area contributed by atoms with E-state index < -0.39 is 15.1 Å². The number of aryl methyl sites for hydroxylation is 1. The summed E-state index contributed by atoms with van der Waals surface area (Å²) in [4.78, 5) is 0. The van der Waals surface area contributed by atoms with Gasteiger partial charge in [-0.05, 0) is 32.4 Å². The van der Waals surface area contributed by atoms with Gasteiger partial charge in [-0.2, -0.15) is 0 Å². The van der Waals surface area contributed by atoms with Crippen LogP contribution in [0.15, 0.2) is 24.3 Å². The van der Waals surface area contributed by atoms with Crippen molar-refractivity contribution < 1.29 is 8.42 Å². The Morgan fingerprint density at radius 1 is 1.22 bits per heavy atom. The van der Waals surface area contributed by atoms with Gasteiger partial charge in [-0.1, -0.05) is 36.8 Å². The summed E-state index contributed by atoms with van der Waals surface area (Å²) >= 11 is 0. The van der Waals surface area contributed by atoms with Crippen LogP contribution in [0, 0.1) is 6.92 Å². The van der Waals surface area contributed by atoms with E-state index in [1.165, 1.54) is 11.8 Å². The van der Waals surface area contributed by atoms with E-state index in [-0.39, 0.29) is 6.04 Å². The Morgan fingerprint density at radius 2 is 1.78 bits per heavy atom. The zero-order valence-electron chi connectivity index (χ0n) is 11.6. The molecule has 1 aromatic carbocycles. The van der Waals surface area contributed by atoms with Gasteiger partial charge in [-0.3, -0.25) is 0 Å². The lowest BCUT2D eigenvalue weighted by Crippen LogP contribution is -2.35. The second-order valence-electron chi connectivity index (χ2n) is 4.88. The number of benzene rings is 1. The molecule has 0 aliphatic rings. The molecule has 0 aliphatic heterocycles. The van der Waals surface area contributed by atoms with Gasteiger partial charge in [0.2, 0.25) is 0 Å². The van der Waals surface area contributed by atoms with Crippen LogP contribution in [0.5, 0.6) is 0 Å². The summed E-state index contributed by atoms with van der Waals surface area (Å²) in [5, 5.41) is 2.91. The largest absolute Gasteiger partial charge is 0.309 e. The molecule has 102 valence electrons. The van der Waals surface area contributed by atoms with E-state index in [0.29, 0.717) is 0 Å². The third-order valence-electron chi connectivity index (χ3n) is 3.20. The predicted octanol–water partition coefficient (Wildman–Crippen LogP) is 2.47. The van der Waals surface area contributed by atoms with Crippen LogP contribution in [0.4, 0.5) is 0 Å². The quantitative estimate of drug-likeness (QED) is 0.863. The Hall–Kier alpha value is -0.870. The van der Waals surface area contributed by atoms with Crippen molar-refractivity contribution in [1.82, 2.24) is 5.32 Å². The Balaban J connectivity index is 3.01. The van der Waals surface area contributed by atoms with Crippen molar-refractivity contribution in [2.45, 2.75) is 38.5 Å². The van der Waals surface area contributed by atoms with Crippen molar-refractivity contribution in [3.63, 3.8) is 0 Å². The highest BCUT2D eigenvalue weighted by molar-refractivity contribution is 7.91. The highest BCUT2D eigenvalue weighted by Gasteiger charge is 2.26. The fraction of sp³-hybridized carbons (Fsp3) is 0.571. The standard InChI is InChI=1S/C14H23NO2S/c1-5-10-15-14(12(3)18(4,16)17)13-8-6-11(2)7-9-13/h6-9,12,14-15H,5,10H2,1-4H3. The molecule has 0 fully saturated rings. The highest BCUT2D eigenvalue weighted by atomic mass is 32.2. The lowest BCUT2D eigenvalue weighted by molar-refractivity contribution is 0.500. The van der Waals surface area contributed by atoms with Gasteiger partial charge < -0.3 is 5.32 Å². The summed E-state index contributed by atoms with van der Waals surface area (Å²) in [6.07, 6.45) is 2.28. The minimum absolute atomic E-state index is 0.138. The molecular weight excluding hydrogens is 246 g/mol. The van der Waals surface area contributed by atoms with Crippen molar-refractivity contribution in [3.05, 3.63) is 35.4 Å². The lowest BCUT2D eigenvalue weighted by Gasteiger charge is -2.24. The molecule has 0 bridgehead atoms. The van der Waals surface area contributed by atoms with E-state index in [4.69, 9.17) is 0 Å². The number of nitrogens with one attached hydrogen (secondary N) is 1. The average Bonchev–Trinajstić information content (AvgIpc) is 2.30. The molecular formula is C14H23NO2S. The van der Waals surface area contributed by atoms with Gasteiger partial charge in [-0.25, -0.2) is 8.42 Å². The molecule has 4 heteroatoms. The minimum atomic E-state index is -3.05. The zero-order chi connectivity index (χ0) is 13.8. The molecule has 0 aliphatic carbocycles. The van der Waals surface area contributed by atoms with Crippen LogP contribution in [0.25, 0.3) is 0 Å². The first-order valence-electron chi connectivity index (χ1n) is 6.35. The fourth-order valence-corrected chi connectivity index (χ4v) is 2.62. The van der Waals surface area contributed by atoms with Gasteiger partial charge in [0.25, 0.3) is 0 Å². The number of rotatable bonds is 6. The molecule has 0 saturated carbocycles. The predicted molar refractivity (Wildman–Crippen MR) is 76.5 cm³/mol. The molecule has 0 saturated heterocycles. The molecule has 3 nitrogen and oxygen atoms in total. The SMILES string of the molecule is CCCNC(c1ccc(C)cc1)C(C)S(C)(=O)=O. The minimum Gasteiger partial charge on any atom is -0.309 e. The van der Waals surface area contributed by atoms with E-state index in [9.17, 15) is 8.42 Å². The Bertz CT molecular complexity index is 465. The first-order valence-corrected chi connectivity index (χ1v) is 8.30. The zero-order valence-corrected chi connectivity index (χ0v) is 12.4. The summed E-state index contributed by atoms with van der Waals surface area (Å²) < 4.78 is 23.5. The summed E-state index contributed by atoms with van der Waals surface area (Å²) in [6.45, 7) is 6.68. The first kappa shape index (κ1) is 15.2. The summed E-state index contributed by atoms with van der Waals surface area (Å²) in [5.41, 5.74) is 2.21. The van der Waals surface area contributed by atoms with Gasteiger partial charge in [0.15, 0.2) is 9.84 Å². The third kappa shape index (κ3) is 4.10. The lowest BCUT2D eigenvalue weighted by atomic mass is 10.0. The Kier molecular flexibility index (Phi) is 5.35. The van der Waals surface area contributed by atoms with E-state index in [2.05, 4.69) is 12.2 Å². The van der Waals surface area contributed by atoms with Crippen molar-refractivity contribution in [1.29, 1.82) is 0 Å². The van der Waals surface area contributed by atoms with Gasteiger partial charge in [0.1, 0.15) is 0 Å². The smallest absolute Gasteiger partial charge is 0.151 e. The van der Waals surface area contributed by atoms with Crippen LogP contribution in [-0.2, 0) is 9.84 Å². The molecule has 0 aromatic heterocycles. The van der Waals surface area contributed by atoms with E-state index in [1.807, 2.05) is 31.2 Å². The molecule has 1 N–H and O–H groups in total. The maximum atomic E-state index is 11.7.